The van der Waals surface area contributed by atoms with Gasteiger partial charge in [0.1, 0.15) is 6.04 Å². The number of anilines is 1. The van der Waals surface area contributed by atoms with E-state index >= 15 is 0 Å². The Kier molecular flexibility index (Phi) is 6.64. The lowest BCUT2D eigenvalue weighted by molar-refractivity contribution is -0.132. The molecule has 1 atom stereocenters. The van der Waals surface area contributed by atoms with E-state index in [9.17, 15) is 9.59 Å². The number of nitrogens with zero attached hydrogens (tertiary/aromatic N) is 1. The van der Waals surface area contributed by atoms with Gasteiger partial charge in [-0.25, -0.2) is 0 Å². The molecule has 2 rings (SSSR count). The summed E-state index contributed by atoms with van der Waals surface area (Å²) >= 11 is 0. The van der Waals surface area contributed by atoms with Crippen LogP contribution in [0.25, 0.3) is 0 Å². The number of carbonyl (C=O) groups excluding carboxylic acids is 2. The normalized spacial score (nSPS) is 15.3. The molecular formula is C19H29N3O2. The van der Waals surface area contributed by atoms with E-state index in [1.165, 1.54) is 11.3 Å². The van der Waals surface area contributed by atoms with E-state index < -0.39 is 6.04 Å². The predicted molar refractivity (Wildman–Crippen MR) is 97.0 cm³/mol. The highest BCUT2D eigenvalue weighted by atomic mass is 16.2. The first-order valence-electron chi connectivity index (χ1n) is 8.81. The standard InChI is InChI=1S/C19H29N3O2/c1-14(21-19(24)16-7-4-8-16)18(23)20-13-5-6-15-9-11-17(12-10-15)22(2)3/h9-12,14,16H,4-8,13H2,1-3H3,(H,20,23)(H,21,24)/t14-/m1/s1. The van der Waals surface area contributed by atoms with Crippen LogP contribution in [0.1, 0.15) is 38.2 Å². The summed E-state index contributed by atoms with van der Waals surface area (Å²) in [6.45, 7) is 2.36. The number of nitrogens with one attached hydrogen (secondary N) is 2. The van der Waals surface area contributed by atoms with Crippen molar-refractivity contribution in [2.75, 3.05) is 25.5 Å². The van der Waals surface area contributed by atoms with Crippen LogP contribution >= 0.6 is 0 Å². The van der Waals surface area contributed by atoms with E-state index in [2.05, 4.69) is 39.8 Å². The maximum Gasteiger partial charge on any atom is 0.242 e. The van der Waals surface area contributed by atoms with Crippen LogP contribution < -0.4 is 15.5 Å². The van der Waals surface area contributed by atoms with Gasteiger partial charge in [-0.1, -0.05) is 18.6 Å². The van der Waals surface area contributed by atoms with E-state index in [0.29, 0.717) is 6.54 Å². The molecule has 132 valence electrons. The summed E-state index contributed by atoms with van der Waals surface area (Å²) in [4.78, 5) is 25.9. The summed E-state index contributed by atoms with van der Waals surface area (Å²) in [5.74, 6) is 0.0286. The maximum absolute atomic E-state index is 12.0. The Morgan fingerprint density at radius 1 is 1.21 bits per heavy atom. The minimum atomic E-state index is -0.461. The summed E-state index contributed by atoms with van der Waals surface area (Å²) in [5, 5.41) is 5.70. The molecule has 1 saturated carbocycles. The maximum atomic E-state index is 12.0. The van der Waals surface area contributed by atoms with Gasteiger partial charge < -0.3 is 15.5 Å². The van der Waals surface area contributed by atoms with Crippen molar-refractivity contribution in [3.63, 3.8) is 0 Å². The summed E-state index contributed by atoms with van der Waals surface area (Å²) in [6, 6.07) is 7.99. The van der Waals surface area contributed by atoms with Crippen molar-refractivity contribution in [2.24, 2.45) is 5.92 Å². The average Bonchev–Trinajstić information content (AvgIpc) is 2.49. The predicted octanol–water partition coefficient (Wildman–Crippen LogP) is 2.11. The SMILES string of the molecule is C[C@@H](NC(=O)C1CCC1)C(=O)NCCCc1ccc(N(C)C)cc1. The Hall–Kier alpha value is -2.04. The van der Waals surface area contributed by atoms with Crippen molar-refractivity contribution in [2.45, 2.75) is 45.1 Å². The number of carbonyl (C=O) groups is 2. The first kappa shape index (κ1) is 18.3. The minimum Gasteiger partial charge on any atom is -0.378 e. The molecule has 0 aromatic heterocycles. The highest BCUT2D eigenvalue weighted by Crippen LogP contribution is 2.26. The van der Waals surface area contributed by atoms with Gasteiger partial charge in [-0.05, 0) is 50.3 Å². The van der Waals surface area contributed by atoms with Crippen LogP contribution in [0.2, 0.25) is 0 Å². The lowest BCUT2D eigenvalue weighted by Gasteiger charge is -2.25. The molecule has 1 fully saturated rings. The van der Waals surface area contributed by atoms with Crippen LogP contribution in [-0.2, 0) is 16.0 Å². The number of amides is 2. The smallest absolute Gasteiger partial charge is 0.242 e. The first-order valence-corrected chi connectivity index (χ1v) is 8.81. The molecule has 1 aliphatic carbocycles. The van der Waals surface area contributed by atoms with Gasteiger partial charge in [0.05, 0.1) is 0 Å². The summed E-state index contributed by atoms with van der Waals surface area (Å²) in [5.41, 5.74) is 2.45. The minimum absolute atomic E-state index is 0.0184. The molecule has 24 heavy (non-hydrogen) atoms. The zero-order chi connectivity index (χ0) is 17.5. The zero-order valence-electron chi connectivity index (χ0n) is 15.0. The van der Waals surface area contributed by atoms with Crippen molar-refractivity contribution in [3.8, 4) is 0 Å². The Bertz CT molecular complexity index is 550. The number of hydrogen-bond acceptors (Lipinski definition) is 3. The molecule has 0 spiro atoms. The van der Waals surface area contributed by atoms with Gasteiger partial charge in [0, 0.05) is 32.2 Å². The second-order valence-electron chi connectivity index (χ2n) is 6.81. The Morgan fingerprint density at radius 2 is 1.88 bits per heavy atom. The van der Waals surface area contributed by atoms with Crippen LogP contribution in [0.15, 0.2) is 24.3 Å². The van der Waals surface area contributed by atoms with Crippen molar-refractivity contribution in [3.05, 3.63) is 29.8 Å². The quantitative estimate of drug-likeness (QED) is 0.717. The van der Waals surface area contributed by atoms with Crippen LogP contribution in [0.4, 0.5) is 5.69 Å². The van der Waals surface area contributed by atoms with Crippen LogP contribution in [0.3, 0.4) is 0 Å². The summed E-state index contributed by atoms with van der Waals surface area (Å²) < 4.78 is 0. The van der Waals surface area contributed by atoms with Gasteiger partial charge in [-0.15, -0.1) is 0 Å². The molecule has 0 heterocycles. The van der Waals surface area contributed by atoms with Gasteiger partial charge in [0.2, 0.25) is 11.8 Å². The molecule has 0 radical (unpaired) electrons. The molecule has 0 aliphatic heterocycles. The van der Waals surface area contributed by atoms with E-state index in [4.69, 9.17) is 0 Å². The molecule has 0 bridgehead atoms. The Morgan fingerprint density at radius 3 is 2.42 bits per heavy atom. The van der Waals surface area contributed by atoms with Crippen molar-refractivity contribution in [1.82, 2.24) is 10.6 Å². The number of hydrogen-bond donors (Lipinski definition) is 2. The van der Waals surface area contributed by atoms with Crippen molar-refractivity contribution in [1.29, 1.82) is 0 Å². The zero-order valence-corrected chi connectivity index (χ0v) is 15.0. The second-order valence-corrected chi connectivity index (χ2v) is 6.81. The average molecular weight is 331 g/mol. The van der Waals surface area contributed by atoms with E-state index in [-0.39, 0.29) is 17.7 Å². The highest BCUT2D eigenvalue weighted by Gasteiger charge is 2.27. The summed E-state index contributed by atoms with van der Waals surface area (Å²) in [7, 11) is 4.05. The third kappa shape index (κ3) is 5.25. The fraction of sp³-hybridized carbons (Fsp3) is 0.579. The second kappa shape index (κ2) is 8.71. The van der Waals surface area contributed by atoms with Gasteiger partial charge in [0.15, 0.2) is 0 Å². The molecule has 0 unspecified atom stereocenters. The summed E-state index contributed by atoms with van der Waals surface area (Å²) in [6.07, 6.45) is 4.83. The van der Waals surface area contributed by atoms with Gasteiger partial charge in [0.25, 0.3) is 0 Å². The molecular weight excluding hydrogens is 302 g/mol. The van der Waals surface area contributed by atoms with E-state index in [1.54, 1.807) is 6.92 Å². The molecule has 5 nitrogen and oxygen atoms in total. The lowest BCUT2D eigenvalue weighted by atomic mass is 9.84. The van der Waals surface area contributed by atoms with Crippen molar-refractivity contribution >= 4 is 17.5 Å². The Balaban J connectivity index is 1.63. The van der Waals surface area contributed by atoms with Crippen molar-refractivity contribution < 1.29 is 9.59 Å². The van der Waals surface area contributed by atoms with E-state index in [0.717, 1.165) is 32.1 Å². The molecule has 1 aromatic rings. The topological polar surface area (TPSA) is 61.4 Å². The fourth-order valence-electron chi connectivity index (χ4n) is 2.69. The highest BCUT2D eigenvalue weighted by molar-refractivity contribution is 5.88. The van der Waals surface area contributed by atoms with Gasteiger partial charge >= 0.3 is 0 Å². The number of benzene rings is 1. The monoisotopic (exact) mass is 331 g/mol. The number of aryl methyl sites for hydroxylation is 1. The van der Waals surface area contributed by atoms with E-state index in [1.807, 2.05) is 14.1 Å². The van der Waals surface area contributed by atoms with Gasteiger partial charge in [-0.3, -0.25) is 9.59 Å². The van der Waals surface area contributed by atoms with Crippen LogP contribution in [0, 0.1) is 5.92 Å². The fourth-order valence-corrected chi connectivity index (χ4v) is 2.69. The van der Waals surface area contributed by atoms with Crippen LogP contribution in [0.5, 0.6) is 0 Å². The third-order valence-electron chi connectivity index (χ3n) is 4.62. The largest absolute Gasteiger partial charge is 0.378 e. The van der Waals surface area contributed by atoms with Gasteiger partial charge in [-0.2, -0.15) is 0 Å². The molecule has 2 N–H and O–H groups in total. The molecule has 5 heteroatoms. The Labute approximate surface area is 144 Å². The first-order chi connectivity index (χ1) is 11.5. The molecule has 1 aromatic carbocycles. The molecule has 0 saturated heterocycles. The lowest BCUT2D eigenvalue weighted by Crippen LogP contribution is -2.47. The molecule has 2 amide bonds. The molecule has 1 aliphatic rings. The number of rotatable bonds is 8. The van der Waals surface area contributed by atoms with Crippen LogP contribution in [-0.4, -0.2) is 38.5 Å². The third-order valence-corrected chi connectivity index (χ3v) is 4.62.